The number of rotatable bonds is 11. The van der Waals surface area contributed by atoms with Gasteiger partial charge in [-0.15, -0.1) is 23.2 Å². The molecule has 16 heteroatoms. The summed E-state index contributed by atoms with van der Waals surface area (Å²) in [5.74, 6) is 0.720. The van der Waals surface area contributed by atoms with Crippen LogP contribution in [0.1, 0.15) is 89.1 Å². The summed E-state index contributed by atoms with van der Waals surface area (Å²) in [5, 5.41) is 30.1. The third kappa shape index (κ3) is 14.8. The molecule has 0 saturated heterocycles. The number of anilines is 2. The van der Waals surface area contributed by atoms with Gasteiger partial charge in [0.2, 0.25) is 0 Å². The van der Waals surface area contributed by atoms with Gasteiger partial charge >= 0.3 is 6.09 Å². The molecule has 0 spiro atoms. The predicted octanol–water partition coefficient (Wildman–Crippen LogP) is 11.7. The molecule has 340 valence electrons. The van der Waals surface area contributed by atoms with Crippen LogP contribution in [0.4, 0.5) is 16.4 Å². The molecule has 0 aliphatic carbocycles. The highest BCUT2D eigenvalue weighted by molar-refractivity contribution is 6.40. The highest BCUT2D eigenvalue weighted by Gasteiger charge is 2.25. The second-order valence-corrected chi connectivity index (χ2v) is 15.3. The zero-order valence-electron chi connectivity index (χ0n) is 35.8. The van der Waals surface area contributed by atoms with Crippen LogP contribution in [0.3, 0.4) is 0 Å². The fourth-order valence-electron chi connectivity index (χ4n) is 6.33. The van der Waals surface area contributed by atoms with Gasteiger partial charge in [0, 0.05) is 43.0 Å². The van der Waals surface area contributed by atoms with Gasteiger partial charge in [0.05, 0.1) is 39.6 Å². The summed E-state index contributed by atoms with van der Waals surface area (Å²) in [6.07, 6.45) is 9.90. The number of nitrogens with zero attached hydrogens (tertiary/aromatic N) is 8. The first-order valence-corrected chi connectivity index (χ1v) is 20.7. The lowest BCUT2D eigenvalue weighted by Gasteiger charge is -2.19. The molecule has 6 aromatic rings. The third-order valence-electron chi connectivity index (χ3n) is 8.88. The normalized spacial score (nSPS) is 10.3. The minimum Gasteiger partial charge on any atom is -0.444 e. The average Bonchev–Trinajstić information content (AvgIpc) is 3.74. The van der Waals surface area contributed by atoms with E-state index >= 15 is 0 Å². The van der Waals surface area contributed by atoms with Crippen LogP contribution in [0.2, 0.25) is 0 Å². The number of nitrogens with two attached hydrogens (primary N) is 1. The lowest BCUT2D eigenvalue weighted by Crippen LogP contribution is -2.27. The molecule has 4 heterocycles. The number of fused-ring (bicyclic) bond motifs is 2. The molecule has 0 atom stereocenters. The van der Waals surface area contributed by atoms with Crippen molar-refractivity contribution in [1.82, 2.24) is 29.1 Å². The van der Waals surface area contributed by atoms with E-state index in [9.17, 15) is 14.7 Å². The van der Waals surface area contributed by atoms with Crippen LogP contribution in [0.15, 0.2) is 79.9 Å². The molecule has 1 amide bonds. The van der Waals surface area contributed by atoms with Gasteiger partial charge in [-0.25, -0.2) is 24.7 Å². The molecule has 14 nitrogen and oxygen atoms in total. The number of hydrogen-bond donors (Lipinski definition) is 3. The van der Waals surface area contributed by atoms with Crippen LogP contribution >= 0.6 is 23.2 Å². The van der Waals surface area contributed by atoms with E-state index in [2.05, 4.69) is 38.8 Å². The standard InChI is InChI=1S/C23H28N4O3.C19H19N5O.C3H3N.CH2Cl2.2CH4/c1-6-7-12-27-17(13-28)18(16-10-8-15(2)9-11-16)19-20(24-14-25-21(19)27)26-22(29)30-23(3,4)5;1-13-5-7-14(8-6-13)16-15(4-2-9-20)24(10-3-11-25)19-17(16)18(21)22-12-23-19;1-2-3-4;2-1-3;;/h8-11,13-14H,6-7,12H2,1-5H3,(H,24,25,26,29);2,4-8,12,25H,3,10-11H2,1H3,(H2,21,22,23);2H,1H2;1H2;2*1H4/b;4-2+;;;;. The Balaban J connectivity index is 0.000000549. The van der Waals surface area contributed by atoms with Gasteiger partial charge < -0.3 is 24.7 Å². The maximum atomic E-state index is 12.4. The Morgan fingerprint density at radius 1 is 0.859 bits per heavy atom. The van der Waals surface area contributed by atoms with Gasteiger partial charge in [0.15, 0.2) is 6.29 Å². The largest absolute Gasteiger partial charge is 0.444 e. The maximum Gasteiger partial charge on any atom is 0.413 e. The summed E-state index contributed by atoms with van der Waals surface area (Å²) in [5.41, 5.74) is 13.9. The molecule has 0 bridgehead atoms. The number of amides is 1. The number of alkyl halides is 2. The van der Waals surface area contributed by atoms with Gasteiger partial charge in [0.25, 0.3) is 0 Å². The van der Waals surface area contributed by atoms with Gasteiger partial charge in [0.1, 0.15) is 41.2 Å². The smallest absolute Gasteiger partial charge is 0.413 e. The number of aromatic nitrogens is 6. The lowest BCUT2D eigenvalue weighted by molar-refractivity contribution is 0.0635. The summed E-state index contributed by atoms with van der Waals surface area (Å²) < 4.78 is 9.28. The fraction of sp³-hybridized carbons (Fsp3) is 0.333. The molecule has 0 aliphatic heterocycles. The Morgan fingerprint density at radius 2 is 1.34 bits per heavy atom. The molecule has 4 N–H and O–H groups in total. The summed E-state index contributed by atoms with van der Waals surface area (Å²) in [6.45, 7) is 15.9. The highest BCUT2D eigenvalue weighted by Crippen LogP contribution is 2.39. The molecule has 0 fully saturated rings. The number of hydrogen-bond acceptors (Lipinski definition) is 11. The van der Waals surface area contributed by atoms with E-state index in [1.807, 2.05) is 77.6 Å². The number of ether oxygens (including phenoxy) is 1. The van der Waals surface area contributed by atoms with Crippen LogP contribution in [-0.4, -0.2) is 64.1 Å². The second kappa shape index (κ2) is 27.5. The van der Waals surface area contributed by atoms with Crippen LogP contribution in [0, 0.1) is 36.5 Å². The van der Waals surface area contributed by atoms with Crippen LogP contribution in [-0.2, 0) is 17.8 Å². The van der Waals surface area contributed by atoms with Gasteiger partial charge in [-0.1, -0.05) is 94.4 Å². The molecule has 4 aromatic heterocycles. The minimum absolute atomic E-state index is 0. The van der Waals surface area contributed by atoms with Crippen LogP contribution in [0.5, 0.6) is 0 Å². The SMILES string of the molecule is C.C.C=CC#N.CCCCn1c(C=O)c(-c2ccc(C)cc2)c2c(NC(=O)OC(C)(C)C)ncnc21.Cc1ccc(-c2c(/C=C/C#N)n(CCCO)c3ncnc(N)c23)cc1.ClCCl. The number of aldehydes is 1. The van der Waals surface area contributed by atoms with Gasteiger partial charge in [-0.05, 0) is 64.7 Å². The van der Waals surface area contributed by atoms with Crippen molar-refractivity contribution in [2.75, 3.05) is 23.0 Å². The molecule has 0 radical (unpaired) electrons. The molecule has 2 aromatic carbocycles. The van der Waals surface area contributed by atoms with Gasteiger partial charge in [-0.3, -0.25) is 10.1 Å². The number of halogens is 2. The monoisotopic (exact) mass is 910 g/mol. The van der Waals surface area contributed by atoms with Crippen molar-refractivity contribution in [2.45, 2.75) is 94.3 Å². The first-order valence-electron chi connectivity index (χ1n) is 19.6. The zero-order chi connectivity index (χ0) is 45.8. The van der Waals surface area contributed by atoms with Crippen LogP contribution < -0.4 is 11.1 Å². The van der Waals surface area contributed by atoms with Crippen molar-refractivity contribution in [3.63, 3.8) is 0 Å². The Bertz CT molecular complexity index is 2550. The number of nitrogen functional groups attached to an aromatic ring is 1. The Morgan fingerprint density at radius 3 is 1.81 bits per heavy atom. The number of unbranched alkanes of at least 4 members (excludes halogenated alkanes) is 1. The summed E-state index contributed by atoms with van der Waals surface area (Å²) >= 11 is 9.53. The van der Waals surface area contributed by atoms with E-state index in [1.165, 1.54) is 24.8 Å². The van der Waals surface area contributed by atoms with Crippen LogP contribution in [0.25, 0.3) is 50.4 Å². The summed E-state index contributed by atoms with van der Waals surface area (Å²) in [7, 11) is 0. The van der Waals surface area contributed by atoms with E-state index in [0.717, 1.165) is 58.0 Å². The molecule has 0 saturated carbocycles. The van der Waals surface area contributed by atoms with E-state index in [-0.39, 0.29) is 26.8 Å². The second-order valence-electron chi connectivity index (χ2n) is 14.5. The predicted molar refractivity (Wildman–Crippen MR) is 262 cm³/mol. The number of aliphatic hydroxyl groups is 1. The molecule has 64 heavy (non-hydrogen) atoms. The van der Waals surface area contributed by atoms with E-state index in [0.29, 0.717) is 59.1 Å². The van der Waals surface area contributed by atoms with Crippen molar-refractivity contribution < 1.29 is 19.4 Å². The third-order valence-corrected chi connectivity index (χ3v) is 8.88. The molecule has 0 unspecified atom stereocenters. The number of carbonyl (C=O) groups is 2. The average molecular weight is 912 g/mol. The fourth-order valence-corrected chi connectivity index (χ4v) is 6.33. The van der Waals surface area contributed by atoms with E-state index < -0.39 is 11.7 Å². The number of allylic oxidation sites excluding steroid dienone is 2. The number of aliphatic hydroxyl groups excluding tert-OH is 1. The first kappa shape index (κ1) is 55.4. The Hall–Kier alpha value is -6.58. The quantitative estimate of drug-likeness (QED) is 0.0632. The number of nitriles is 2. The lowest BCUT2D eigenvalue weighted by atomic mass is 10.0. The molecule has 0 aliphatic rings. The number of nitrogens with one attached hydrogen (secondary N) is 1. The highest BCUT2D eigenvalue weighted by atomic mass is 35.5. The molecular formula is C48H60Cl2N10O4. The van der Waals surface area contributed by atoms with Crippen molar-refractivity contribution in [2.24, 2.45) is 0 Å². The van der Waals surface area contributed by atoms with Crippen molar-refractivity contribution in [3.05, 3.63) is 102 Å². The summed E-state index contributed by atoms with van der Waals surface area (Å²) in [4.78, 5) is 41.9. The van der Waals surface area contributed by atoms with Crippen molar-refractivity contribution in [3.8, 4) is 34.4 Å². The Labute approximate surface area is 387 Å². The maximum absolute atomic E-state index is 12.4. The van der Waals surface area contributed by atoms with E-state index in [1.54, 1.807) is 32.9 Å². The minimum atomic E-state index is -0.642. The number of carbonyl (C=O) groups excluding carboxylic acids is 2. The van der Waals surface area contributed by atoms with Gasteiger partial charge in [-0.2, -0.15) is 10.5 Å². The van der Waals surface area contributed by atoms with Crippen molar-refractivity contribution >= 4 is 75.4 Å². The molecular weight excluding hydrogens is 851 g/mol. The Kier molecular flexibility index (Phi) is 23.8. The molecule has 6 rings (SSSR count). The van der Waals surface area contributed by atoms with E-state index in [4.69, 9.17) is 44.2 Å². The number of aryl methyl sites for hydroxylation is 4. The number of benzene rings is 2. The zero-order valence-corrected chi connectivity index (χ0v) is 37.3. The van der Waals surface area contributed by atoms with Crippen molar-refractivity contribution in [1.29, 1.82) is 10.5 Å². The topological polar surface area (TPSA) is 211 Å². The first-order chi connectivity index (χ1) is 29.7. The summed E-state index contributed by atoms with van der Waals surface area (Å²) in [6, 6.07) is 19.8.